The Hall–Kier alpha value is -3.24. The third-order valence-electron chi connectivity index (χ3n) is 8.08. The first-order chi connectivity index (χ1) is 17.7. The summed E-state index contributed by atoms with van der Waals surface area (Å²) in [6.07, 6.45) is 5.72. The molecule has 184 valence electrons. The number of thiophene rings is 1. The lowest BCUT2D eigenvalue weighted by Crippen LogP contribution is -2.50. The summed E-state index contributed by atoms with van der Waals surface area (Å²) in [5.74, 6) is 1.68. The van der Waals surface area contributed by atoms with Crippen LogP contribution in [-0.4, -0.2) is 59.6 Å². The number of ether oxygens (including phenoxy) is 2. The summed E-state index contributed by atoms with van der Waals surface area (Å²) in [4.78, 5) is 16.7. The number of rotatable bonds is 5. The van der Waals surface area contributed by atoms with Crippen LogP contribution in [0.4, 0.5) is 5.82 Å². The SMILES string of the molecule is [N-]=[N+]=NCC12CCC(c3cc4nc(-c5cccc6[nH]ncc56)nc(N5CCOCC5)c4s3)(CC1)OC2. The van der Waals surface area contributed by atoms with Crippen LogP contribution in [0.2, 0.25) is 0 Å². The third-order valence-corrected chi connectivity index (χ3v) is 9.39. The maximum Gasteiger partial charge on any atom is 0.162 e. The van der Waals surface area contributed by atoms with Gasteiger partial charge < -0.3 is 14.4 Å². The van der Waals surface area contributed by atoms with Crippen LogP contribution in [0.25, 0.3) is 43.0 Å². The van der Waals surface area contributed by atoms with Crippen LogP contribution < -0.4 is 4.90 Å². The average Bonchev–Trinajstić information content (AvgIpc) is 3.61. The van der Waals surface area contributed by atoms with E-state index in [1.165, 1.54) is 4.88 Å². The van der Waals surface area contributed by atoms with Crippen molar-refractivity contribution in [3.05, 3.63) is 45.8 Å². The summed E-state index contributed by atoms with van der Waals surface area (Å²) >= 11 is 1.77. The van der Waals surface area contributed by atoms with Crippen LogP contribution in [0.15, 0.2) is 35.6 Å². The molecule has 0 unspecified atom stereocenters. The molecule has 4 aliphatic rings. The number of aromatic nitrogens is 4. The number of hydrogen-bond acceptors (Lipinski definition) is 8. The minimum Gasteiger partial charge on any atom is -0.378 e. The highest BCUT2D eigenvalue weighted by atomic mass is 32.1. The van der Waals surface area contributed by atoms with Gasteiger partial charge in [0, 0.05) is 40.4 Å². The van der Waals surface area contributed by atoms with Gasteiger partial charge in [-0.25, -0.2) is 9.97 Å². The van der Waals surface area contributed by atoms with Gasteiger partial charge in [0.1, 0.15) is 5.60 Å². The van der Waals surface area contributed by atoms with E-state index in [1.54, 1.807) is 11.3 Å². The van der Waals surface area contributed by atoms with Gasteiger partial charge in [0.15, 0.2) is 11.6 Å². The van der Waals surface area contributed by atoms with Crippen molar-refractivity contribution in [2.75, 3.05) is 44.4 Å². The number of anilines is 1. The topological polar surface area (TPSA) is 125 Å². The number of azide groups is 1. The standard InChI is InChI=1S/C25H26N8O2S/c26-32-28-14-24-4-6-25(7-5-24,35-15-24)20-12-19-21(36-20)23(33-8-10-34-11-9-33)30-22(29-19)16-2-1-3-18-17(16)13-27-31-18/h1-3,12-13H,4-11,14-15H2,(H,27,31). The molecule has 1 saturated carbocycles. The van der Waals surface area contributed by atoms with Crippen molar-refractivity contribution < 1.29 is 9.47 Å². The molecule has 3 aromatic heterocycles. The zero-order chi connectivity index (χ0) is 24.2. The quantitative estimate of drug-likeness (QED) is 0.228. The molecule has 4 fully saturated rings. The lowest BCUT2D eigenvalue weighted by molar-refractivity contribution is -0.184. The first-order valence-electron chi connectivity index (χ1n) is 12.4. The van der Waals surface area contributed by atoms with Crippen LogP contribution in [0.1, 0.15) is 30.6 Å². The zero-order valence-corrected chi connectivity index (χ0v) is 20.6. The van der Waals surface area contributed by atoms with E-state index in [9.17, 15) is 0 Å². The van der Waals surface area contributed by atoms with Crippen LogP contribution in [0, 0.1) is 5.41 Å². The highest BCUT2D eigenvalue weighted by Crippen LogP contribution is 2.56. The maximum atomic E-state index is 8.80. The van der Waals surface area contributed by atoms with Crippen LogP contribution in [0.5, 0.6) is 0 Å². The summed E-state index contributed by atoms with van der Waals surface area (Å²) in [5, 5.41) is 12.2. The van der Waals surface area contributed by atoms with Crippen LogP contribution in [-0.2, 0) is 15.1 Å². The molecule has 0 atom stereocenters. The molecule has 1 aliphatic carbocycles. The summed E-state index contributed by atoms with van der Waals surface area (Å²) in [7, 11) is 0. The molecule has 0 amide bonds. The Balaban J connectivity index is 1.33. The normalized spacial score (nSPS) is 25.9. The van der Waals surface area contributed by atoms with E-state index in [-0.39, 0.29) is 11.0 Å². The second-order valence-corrected chi connectivity index (χ2v) is 11.2. The van der Waals surface area contributed by atoms with Crippen molar-refractivity contribution in [1.29, 1.82) is 0 Å². The van der Waals surface area contributed by atoms with E-state index in [0.717, 1.165) is 71.3 Å². The lowest BCUT2D eigenvalue weighted by atomic mass is 9.65. The molecule has 6 heterocycles. The molecule has 0 radical (unpaired) electrons. The summed E-state index contributed by atoms with van der Waals surface area (Å²) in [6.45, 7) is 4.14. The van der Waals surface area contributed by atoms with Gasteiger partial charge in [-0.15, -0.1) is 11.3 Å². The number of aromatic amines is 1. The molecule has 0 spiro atoms. The Morgan fingerprint density at radius 1 is 1.17 bits per heavy atom. The smallest absolute Gasteiger partial charge is 0.162 e. The second-order valence-electron chi connectivity index (χ2n) is 10.1. The minimum atomic E-state index is -0.295. The fourth-order valence-corrected chi connectivity index (χ4v) is 7.19. The van der Waals surface area contributed by atoms with Gasteiger partial charge in [-0.3, -0.25) is 5.10 Å². The van der Waals surface area contributed by atoms with E-state index in [2.05, 4.69) is 37.3 Å². The average molecular weight is 503 g/mol. The van der Waals surface area contributed by atoms with Gasteiger partial charge in [0.05, 0.1) is 41.8 Å². The predicted molar refractivity (Wildman–Crippen MR) is 138 cm³/mol. The highest BCUT2D eigenvalue weighted by Gasteiger charge is 2.51. The molecular weight excluding hydrogens is 476 g/mol. The number of benzene rings is 1. The molecule has 4 aromatic rings. The van der Waals surface area contributed by atoms with E-state index in [1.807, 2.05) is 18.3 Å². The van der Waals surface area contributed by atoms with Gasteiger partial charge in [-0.2, -0.15) is 5.10 Å². The molecule has 1 N–H and O–H groups in total. The Labute approximate surface area is 211 Å². The fraction of sp³-hybridized carbons (Fsp3) is 0.480. The number of H-pyrrole nitrogens is 1. The van der Waals surface area contributed by atoms with E-state index in [4.69, 9.17) is 25.0 Å². The van der Waals surface area contributed by atoms with Crippen LogP contribution >= 0.6 is 11.3 Å². The van der Waals surface area contributed by atoms with Crippen molar-refractivity contribution in [2.24, 2.45) is 10.5 Å². The Morgan fingerprint density at radius 3 is 2.81 bits per heavy atom. The largest absolute Gasteiger partial charge is 0.378 e. The number of hydrogen-bond donors (Lipinski definition) is 1. The number of fused-ring (bicyclic) bond motifs is 5. The number of nitrogens with zero attached hydrogens (tertiary/aromatic N) is 7. The van der Waals surface area contributed by atoms with Crippen molar-refractivity contribution in [2.45, 2.75) is 31.3 Å². The number of morpholine rings is 1. The number of nitrogens with one attached hydrogen (secondary N) is 1. The molecule has 2 bridgehead atoms. The molecule has 36 heavy (non-hydrogen) atoms. The minimum absolute atomic E-state index is 0.0140. The Morgan fingerprint density at radius 2 is 2.03 bits per heavy atom. The fourth-order valence-electron chi connectivity index (χ4n) is 5.88. The maximum absolute atomic E-state index is 8.80. The summed E-state index contributed by atoms with van der Waals surface area (Å²) < 4.78 is 13.3. The molecule has 10 nitrogen and oxygen atoms in total. The molecule has 3 saturated heterocycles. The molecule has 1 aromatic carbocycles. The molecule has 3 aliphatic heterocycles. The predicted octanol–water partition coefficient (Wildman–Crippen LogP) is 5.17. The Bertz CT molecular complexity index is 1480. The van der Waals surface area contributed by atoms with Gasteiger partial charge in [0.25, 0.3) is 0 Å². The summed E-state index contributed by atoms with van der Waals surface area (Å²) in [6, 6.07) is 8.30. The Kier molecular flexibility index (Phi) is 5.14. The highest BCUT2D eigenvalue weighted by molar-refractivity contribution is 7.19. The molecule has 11 heteroatoms. The third kappa shape index (κ3) is 3.46. The lowest BCUT2D eigenvalue weighted by Gasteiger charge is -2.52. The first kappa shape index (κ1) is 22.0. The van der Waals surface area contributed by atoms with Gasteiger partial charge in [-0.05, 0) is 48.8 Å². The first-order valence-corrected chi connectivity index (χ1v) is 13.2. The van der Waals surface area contributed by atoms with Crippen molar-refractivity contribution >= 4 is 38.3 Å². The molecular formula is C25H26N8O2S. The van der Waals surface area contributed by atoms with E-state index >= 15 is 0 Å². The van der Waals surface area contributed by atoms with Crippen molar-refractivity contribution in [1.82, 2.24) is 20.2 Å². The van der Waals surface area contributed by atoms with Crippen LogP contribution in [0.3, 0.4) is 0 Å². The monoisotopic (exact) mass is 502 g/mol. The second kappa shape index (κ2) is 8.41. The van der Waals surface area contributed by atoms with Gasteiger partial charge in [0.2, 0.25) is 0 Å². The molecule has 8 rings (SSSR count). The van der Waals surface area contributed by atoms with Gasteiger partial charge in [-0.1, -0.05) is 17.2 Å². The van der Waals surface area contributed by atoms with E-state index < -0.39 is 0 Å². The van der Waals surface area contributed by atoms with Crippen molar-refractivity contribution in [3.8, 4) is 11.4 Å². The van der Waals surface area contributed by atoms with Crippen molar-refractivity contribution in [3.63, 3.8) is 0 Å². The van der Waals surface area contributed by atoms with E-state index in [0.29, 0.717) is 32.2 Å². The summed E-state index contributed by atoms with van der Waals surface area (Å²) in [5.41, 5.74) is 11.4. The zero-order valence-electron chi connectivity index (χ0n) is 19.8. The van der Waals surface area contributed by atoms with Gasteiger partial charge >= 0.3 is 0 Å².